The van der Waals surface area contributed by atoms with Gasteiger partial charge < -0.3 is 15.0 Å². The summed E-state index contributed by atoms with van der Waals surface area (Å²) >= 11 is 0. The molecule has 0 fully saturated rings. The molecule has 1 aliphatic heterocycles. The second-order valence-electron chi connectivity index (χ2n) is 5.69. The van der Waals surface area contributed by atoms with E-state index >= 15 is 0 Å². The molecule has 1 heterocycles. The molecule has 2 amide bonds. The lowest BCUT2D eigenvalue weighted by Crippen LogP contribution is -2.36. The summed E-state index contributed by atoms with van der Waals surface area (Å²) in [6.07, 6.45) is 0. The van der Waals surface area contributed by atoms with Gasteiger partial charge in [-0.1, -0.05) is 30.3 Å². The maximum atomic E-state index is 12.8. The number of hydrogen-bond acceptors (Lipinski definition) is 3. The van der Waals surface area contributed by atoms with Gasteiger partial charge in [0.15, 0.2) is 0 Å². The van der Waals surface area contributed by atoms with Crippen molar-refractivity contribution in [3.05, 3.63) is 59.7 Å². The van der Waals surface area contributed by atoms with E-state index in [1.807, 2.05) is 55.5 Å². The zero-order valence-corrected chi connectivity index (χ0v) is 13.8. The van der Waals surface area contributed by atoms with Crippen LogP contribution in [0.15, 0.2) is 48.5 Å². The molecule has 0 aromatic heterocycles. The number of hydrogen-bond donors (Lipinski definition) is 1. The fraction of sp³-hybridized carbons (Fsp3) is 0.263. The number of carbonyl (C=O) groups excluding carboxylic acids is 2. The Balaban J connectivity index is 1.85. The van der Waals surface area contributed by atoms with Crippen LogP contribution in [-0.4, -0.2) is 18.4 Å². The van der Waals surface area contributed by atoms with Crippen LogP contribution in [0.1, 0.15) is 31.0 Å². The second-order valence-corrected chi connectivity index (χ2v) is 5.69. The van der Waals surface area contributed by atoms with Gasteiger partial charge in [-0.15, -0.1) is 0 Å². The van der Waals surface area contributed by atoms with Gasteiger partial charge in [0.25, 0.3) is 5.91 Å². The summed E-state index contributed by atoms with van der Waals surface area (Å²) in [6, 6.07) is 14.7. The zero-order chi connectivity index (χ0) is 17.1. The van der Waals surface area contributed by atoms with Crippen LogP contribution in [-0.2, 0) is 16.1 Å². The van der Waals surface area contributed by atoms with Crippen LogP contribution >= 0.6 is 0 Å². The number of nitrogens with zero attached hydrogens (tertiary/aromatic N) is 1. The van der Waals surface area contributed by atoms with Crippen LogP contribution in [0.3, 0.4) is 0 Å². The van der Waals surface area contributed by atoms with E-state index in [-0.39, 0.29) is 11.8 Å². The van der Waals surface area contributed by atoms with Gasteiger partial charge in [0.05, 0.1) is 13.2 Å². The normalized spacial score (nSPS) is 16.0. The lowest BCUT2D eigenvalue weighted by atomic mass is 10.1. The maximum Gasteiger partial charge on any atom is 0.254 e. The molecule has 2 aromatic carbocycles. The number of para-hydroxylation sites is 1. The SMILES string of the molecule is CCOc1ccc(CN2C(=O)[C@H](NC(C)=O)c3ccccc32)cc1. The van der Waals surface area contributed by atoms with Crippen molar-refractivity contribution in [1.82, 2.24) is 5.32 Å². The largest absolute Gasteiger partial charge is 0.494 e. The highest BCUT2D eigenvalue weighted by Gasteiger charge is 2.37. The molecule has 1 N–H and O–H groups in total. The number of nitrogens with one attached hydrogen (secondary N) is 1. The molecule has 0 aliphatic carbocycles. The highest BCUT2D eigenvalue weighted by molar-refractivity contribution is 6.06. The molecule has 2 aromatic rings. The highest BCUT2D eigenvalue weighted by Crippen LogP contribution is 2.36. The van der Waals surface area contributed by atoms with E-state index in [9.17, 15) is 9.59 Å². The molecule has 0 saturated carbocycles. The molecule has 124 valence electrons. The van der Waals surface area contributed by atoms with E-state index < -0.39 is 6.04 Å². The van der Waals surface area contributed by atoms with Gasteiger partial charge in [-0.2, -0.15) is 0 Å². The molecule has 0 unspecified atom stereocenters. The Bertz CT molecular complexity index is 755. The van der Waals surface area contributed by atoms with Crippen molar-refractivity contribution in [3.8, 4) is 5.75 Å². The Morgan fingerprint density at radius 2 is 1.88 bits per heavy atom. The first-order valence-corrected chi connectivity index (χ1v) is 7.99. The summed E-state index contributed by atoms with van der Waals surface area (Å²) in [5.74, 6) is 0.483. The number of anilines is 1. The van der Waals surface area contributed by atoms with Gasteiger partial charge in [-0.05, 0) is 30.7 Å². The fourth-order valence-corrected chi connectivity index (χ4v) is 2.93. The summed E-state index contributed by atoms with van der Waals surface area (Å²) < 4.78 is 5.44. The molecule has 0 saturated heterocycles. The fourth-order valence-electron chi connectivity index (χ4n) is 2.93. The van der Waals surface area contributed by atoms with E-state index in [2.05, 4.69) is 5.32 Å². The Morgan fingerprint density at radius 3 is 2.54 bits per heavy atom. The van der Waals surface area contributed by atoms with Crippen LogP contribution in [0.5, 0.6) is 5.75 Å². The van der Waals surface area contributed by atoms with Crippen LogP contribution in [0.4, 0.5) is 5.69 Å². The predicted octanol–water partition coefficient (Wildman–Crippen LogP) is 2.81. The third-order valence-corrected chi connectivity index (χ3v) is 3.97. The van der Waals surface area contributed by atoms with E-state index in [1.165, 1.54) is 6.92 Å². The Morgan fingerprint density at radius 1 is 1.17 bits per heavy atom. The number of amides is 2. The van der Waals surface area contributed by atoms with Crippen molar-refractivity contribution in [1.29, 1.82) is 0 Å². The summed E-state index contributed by atoms with van der Waals surface area (Å²) in [4.78, 5) is 25.9. The minimum absolute atomic E-state index is 0.111. The third kappa shape index (κ3) is 3.11. The van der Waals surface area contributed by atoms with Crippen molar-refractivity contribution in [3.63, 3.8) is 0 Å². The van der Waals surface area contributed by atoms with Crippen molar-refractivity contribution in [2.75, 3.05) is 11.5 Å². The van der Waals surface area contributed by atoms with E-state index in [1.54, 1.807) is 4.90 Å². The number of fused-ring (bicyclic) bond motifs is 1. The molecule has 0 radical (unpaired) electrons. The molecule has 3 rings (SSSR count). The Labute approximate surface area is 141 Å². The number of ether oxygens (including phenoxy) is 1. The summed E-state index contributed by atoms with van der Waals surface area (Å²) in [5, 5.41) is 2.74. The number of rotatable bonds is 5. The quantitative estimate of drug-likeness (QED) is 0.920. The lowest BCUT2D eigenvalue weighted by molar-refractivity contribution is -0.126. The minimum atomic E-state index is -0.610. The van der Waals surface area contributed by atoms with Gasteiger partial charge in [-0.25, -0.2) is 0 Å². The average molecular weight is 324 g/mol. The van der Waals surface area contributed by atoms with Gasteiger partial charge in [-0.3, -0.25) is 9.59 Å². The number of benzene rings is 2. The molecule has 5 heteroatoms. The predicted molar refractivity (Wildman–Crippen MR) is 91.8 cm³/mol. The van der Waals surface area contributed by atoms with Crippen molar-refractivity contribution in [2.45, 2.75) is 26.4 Å². The maximum absolute atomic E-state index is 12.8. The number of carbonyl (C=O) groups is 2. The first-order chi connectivity index (χ1) is 11.6. The van der Waals surface area contributed by atoms with Crippen LogP contribution in [0.2, 0.25) is 0 Å². The molecule has 5 nitrogen and oxygen atoms in total. The summed E-state index contributed by atoms with van der Waals surface area (Å²) in [5.41, 5.74) is 2.68. The van der Waals surface area contributed by atoms with Gasteiger partial charge in [0, 0.05) is 18.2 Å². The van der Waals surface area contributed by atoms with Crippen molar-refractivity contribution < 1.29 is 14.3 Å². The van der Waals surface area contributed by atoms with E-state index in [4.69, 9.17) is 4.74 Å². The summed E-state index contributed by atoms with van der Waals surface area (Å²) in [7, 11) is 0. The van der Waals surface area contributed by atoms with Gasteiger partial charge in [0.1, 0.15) is 11.8 Å². The second kappa shape index (κ2) is 6.74. The van der Waals surface area contributed by atoms with Crippen LogP contribution in [0, 0.1) is 0 Å². The average Bonchev–Trinajstić information content (AvgIpc) is 2.82. The first-order valence-electron chi connectivity index (χ1n) is 7.99. The van der Waals surface area contributed by atoms with Crippen LogP contribution < -0.4 is 15.0 Å². The zero-order valence-electron chi connectivity index (χ0n) is 13.8. The third-order valence-electron chi connectivity index (χ3n) is 3.97. The van der Waals surface area contributed by atoms with Gasteiger partial charge in [0.2, 0.25) is 5.91 Å². The summed E-state index contributed by atoms with van der Waals surface area (Å²) in [6.45, 7) is 4.44. The van der Waals surface area contributed by atoms with E-state index in [0.717, 1.165) is 22.6 Å². The molecule has 0 spiro atoms. The lowest BCUT2D eigenvalue weighted by Gasteiger charge is -2.18. The molecule has 1 atom stereocenters. The Hall–Kier alpha value is -2.82. The van der Waals surface area contributed by atoms with Crippen molar-refractivity contribution in [2.24, 2.45) is 0 Å². The molecule has 1 aliphatic rings. The highest BCUT2D eigenvalue weighted by atomic mass is 16.5. The monoisotopic (exact) mass is 324 g/mol. The standard InChI is InChI=1S/C19H20N2O3/c1-3-24-15-10-8-14(9-11-15)12-21-17-7-5-4-6-16(17)18(19(21)23)20-13(2)22/h4-11,18H,3,12H2,1-2H3,(H,20,22)/t18-/m1/s1. The topological polar surface area (TPSA) is 58.6 Å². The molecule has 24 heavy (non-hydrogen) atoms. The molecule has 0 bridgehead atoms. The molecular formula is C19H20N2O3. The Kier molecular flexibility index (Phi) is 4.51. The first kappa shape index (κ1) is 16.1. The van der Waals surface area contributed by atoms with Gasteiger partial charge >= 0.3 is 0 Å². The van der Waals surface area contributed by atoms with Crippen molar-refractivity contribution >= 4 is 17.5 Å². The van der Waals surface area contributed by atoms with Crippen LogP contribution in [0.25, 0.3) is 0 Å². The van der Waals surface area contributed by atoms with E-state index in [0.29, 0.717) is 13.2 Å². The smallest absolute Gasteiger partial charge is 0.254 e. The molecular weight excluding hydrogens is 304 g/mol. The minimum Gasteiger partial charge on any atom is -0.494 e.